The van der Waals surface area contributed by atoms with Gasteiger partial charge in [0.2, 0.25) is 5.88 Å². The minimum absolute atomic E-state index is 0.00217. The van der Waals surface area contributed by atoms with Gasteiger partial charge in [-0.25, -0.2) is 19.9 Å². The van der Waals surface area contributed by atoms with Crippen molar-refractivity contribution >= 4 is 17.2 Å². The highest BCUT2D eigenvalue weighted by Gasteiger charge is 2.59. The fourth-order valence-corrected chi connectivity index (χ4v) is 5.98. The van der Waals surface area contributed by atoms with E-state index < -0.39 is 5.54 Å². The third-order valence-corrected chi connectivity index (χ3v) is 8.40. The quantitative estimate of drug-likeness (QED) is 0.387. The molecule has 2 fully saturated rings. The molecule has 1 aliphatic carbocycles. The van der Waals surface area contributed by atoms with Gasteiger partial charge in [0.25, 0.3) is 5.91 Å². The monoisotopic (exact) mass is 537 g/mol. The molecule has 196 valence electrons. The van der Waals surface area contributed by atoms with Crippen LogP contribution in [0.3, 0.4) is 0 Å². The maximum Gasteiger partial charge on any atom is 0.265 e. The smallest absolute Gasteiger partial charge is 0.265 e. The Morgan fingerprint density at radius 3 is 2.46 bits per heavy atom. The average molecular weight is 538 g/mol. The molecule has 1 amide bonds. The van der Waals surface area contributed by atoms with Crippen molar-refractivity contribution in [1.82, 2.24) is 24.8 Å². The second kappa shape index (κ2) is 9.52. The van der Waals surface area contributed by atoms with Gasteiger partial charge < -0.3 is 15.4 Å². The van der Waals surface area contributed by atoms with E-state index in [-0.39, 0.29) is 23.8 Å². The third-order valence-electron chi connectivity index (χ3n) is 7.26. The number of piperidine rings is 1. The molecule has 0 spiro atoms. The molecule has 1 aliphatic heterocycles. The van der Waals surface area contributed by atoms with E-state index in [0.717, 1.165) is 16.8 Å². The minimum Gasteiger partial charge on any atom is -0.474 e. The van der Waals surface area contributed by atoms with Crippen LogP contribution in [-0.4, -0.2) is 49.9 Å². The maximum atomic E-state index is 13.3. The van der Waals surface area contributed by atoms with Gasteiger partial charge in [-0.2, -0.15) is 5.26 Å². The van der Waals surface area contributed by atoms with Crippen LogP contribution in [0.15, 0.2) is 54.9 Å². The number of thiazole rings is 1. The molecule has 0 bridgehead atoms. The molecule has 2 aliphatic rings. The zero-order valence-corrected chi connectivity index (χ0v) is 22.6. The molecular weight excluding hydrogens is 510 g/mol. The highest BCUT2D eigenvalue weighted by Crippen LogP contribution is 2.48. The number of hydrogen-bond acceptors (Lipinski definition) is 9. The number of nitrogens with zero attached hydrogens (tertiary/aromatic N) is 6. The van der Waals surface area contributed by atoms with Crippen LogP contribution in [0.2, 0.25) is 0 Å². The first kappa shape index (κ1) is 25.1. The van der Waals surface area contributed by atoms with Gasteiger partial charge >= 0.3 is 0 Å². The Hall–Kier alpha value is -4.20. The number of likely N-dealkylation sites (tertiary alicyclic amines) is 1. The maximum absolute atomic E-state index is 13.3. The van der Waals surface area contributed by atoms with Crippen LogP contribution in [0.5, 0.6) is 5.88 Å². The zero-order valence-electron chi connectivity index (χ0n) is 21.8. The van der Waals surface area contributed by atoms with Crippen LogP contribution < -0.4 is 10.5 Å². The minimum atomic E-state index is -0.582. The van der Waals surface area contributed by atoms with E-state index in [1.54, 1.807) is 30.6 Å². The summed E-state index contributed by atoms with van der Waals surface area (Å²) in [4.78, 5) is 33.6. The molecule has 6 rings (SSSR count). The summed E-state index contributed by atoms with van der Waals surface area (Å²) >= 11 is 1.33. The van der Waals surface area contributed by atoms with Gasteiger partial charge in [0.05, 0.1) is 23.0 Å². The van der Waals surface area contributed by atoms with Gasteiger partial charge in [-0.15, -0.1) is 11.3 Å². The lowest BCUT2D eigenvalue weighted by Crippen LogP contribution is -2.33. The van der Waals surface area contributed by atoms with Crippen molar-refractivity contribution in [2.75, 3.05) is 13.1 Å². The highest BCUT2D eigenvalue weighted by atomic mass is 32.1. The van der Waals surface area contributed by atoms with E-state index in [0.29, 0.717) is 45.9 Å². The zero-order chi connectivity index (χ0) is 27.3. The highest BCUT2D eigenvalue weighted by molar-refractivity contribution is 7.17. The summed E-state index contributed by atoms with van der Waals surface area (Å²) in [6.45, 7) is 7.00. The molecule has 39 heavy (non-hydrogen) atoms. The molecule has 1 unspecified atom stereocenters. The molecule has 3 aromatic heterocycles. The first-order valence-corrected chi connectivity index (χ1v) is 13.6. The van der Waals surface area contributed by atoms with Gasteiger partial charge in [-0.05, 0) is 50.6 Å². The number of rotatable bonds is 6. The van der Waals surface area contributed by atoms with Crippen molar-refractivity contribution in [3.05, 3.63) is 76.6 Å². The second-order valence-corrected chi connectivity index (χ2v) is 11.6. The van der Waals surface area contributed by atoms with E-state index in [1.165, 1.54) is 11.3 Å². The van der Waals surface area contributed by atoms with E-state index >= 15 is 0 Å². The van der Waals surface area contributed by atoms with Crippen LogP contribution in [0.25, 0.3) is 22.1 Å². The summed E-state index contributed by atoms with van der Waals surface area (Å²) in [6.07, 6.45) is 3.34. The van der Waals surface area contributed by atoms with Gasteiger partial charge in [0.15, 0.2) is 10.8 Å². The van der Waals surface area contributed by atoms with Gasteiger partial charge in [0.1, 0.15) is 11.0 Å². The van der Waals surface area contributed by atoms with Crippen molar-refractivity contribution in [1.29, 1.82) is 5.26 Å². The molecule has 1 saturated heterocycles. The summed E-state index contributed by atoms with van der Waals surface area (Å²) in [6, 6.07) is 15.1. The van der Waals surface area contributed by atoms with Crippen molar-refractivity contribution in [2.45, 2.75) is 32.4 Å². The number of nitrogens with two attached hydrogens (primary N) is 1. The number of hydrogen-bond donors (Lipinski definition) is 1. The number of pyridine rings is 1. The average Bonchev–Trinajstić information content (AvgIpc) is 3.24. The normalized spacial score (nSPS) is 19.9. The molecule has 4 heterocycles. The van der Waals surface area contributed by atoms with Gasteiger partial charge in [0, 0.05) is 54.5 Å². The Bertz CT molecular complexity index is 1580. The molecule has 1 saturated carbocycles. The predicted molar refractivity (Wildman–Crippen MR) is 147 cm³/mol. The van der Waals surface area contributed by atoms with Gasteiger partial charge in [-0.1, -0.05) is 12.1 Å². The third kappa shape index (κ3) is 4.87. The van der Waals surface area contributed by atoms with Gasteiger partial charge in [-0.3, -0.25) is 4.79 Å². The Morgan fingerprint density at radius 1 is 1.13 bits per heavy atom. The van der Waals surface area contributed by atoms with Crippen LogP contribution >= 0.6 is 11.3 Å². The van der Waals surface area contributed by atoms with Crippen LogP contribution in [-0.2, 0) is 5.54 Å². The fourth-order valence-electron chi connectivity index (χ4n) is 5.00. The number of benzene rings is 1. The summed E-state index contributed by atoms with van der Waals surface area (Å²) in [7, 11) is 0. The van der Waals surface area contributed by atoms with Crippen LogP contribution in [0.1, 0.15) is 40.3 Å². The summed E-state index contributed by atoms with van der Waals surface area (Å²) in [5, 5.41) is 9.77. The van der Waals surface area contributed by atoms with Crippen LogP contribution in [0, 0.1) is 30.1 Å². The molecule has 4 aromatic rings. The number of carbonyl (C=O) groups is 1. The molecule has 1 aromatic carbocycles. The first-order chi connectivity index (χ1) is 18.7. The van der Waals surface area contributed by atoms with Crippen molar-refractivity contribution in [2.24, 2.45) is 17.6 Å². The van der Waals surface area contributed by atoms with Crippen molar-refractivity contribution < 1.29 is 9.53 Å². The molecular formula is C29H27N7O2S. The summed E-state index contributed by atoms with van der Waals surface area (Å²) in [5.41, 5.74) is 9.68. The Balaban J connectivity index is 1.16. The number of amides is 1. The molecule has 0 radical (unpaired) electrons. The molecule has 2 N–H and O–H groups in total. The van der Waals surface area contributed by atoms with E-state index in [1.807, 2.05) is 49.9 Å². The number of aryl methyl sites for hydroxylation is 1. The number of carbonyl (C=O) groups excluding carboxylic acids is 1. The lowest BCUT2D eigenvalue weighted by atomic mass is 9.94. The van der Waals surface area contributed by atoms with E-state index in [4.69, 9.17) is 20.7 Å². The Kier molecular flexibility index (Phi) is 6.13. The van der Waals surface area contributed by atoms with E-state index in [2.05, 4.69) is 21.0 Å². The number of ether oxygens (including phenoxy) is 1. The predicted octanol–water partition coefficient (Wildman–Crippen LogP) is 4.19. The fraction of sp³-hybridized carbons (Fsp3) is 0.310. The largest absolute Gasteiger partial charge is 0.474 e. The molecule has 10 heteroatoms. The topological polar surface area (TPSA) is 131 Å². The van der Waals surface area contributed by atoms with Crippen molar-refractivity contribution in [3.63, 3.8) is 0 Å². The standard InChI is InChI=1S/C29H27N7O2S/c1-16-25(39-27(34-16)26-32-9-4-10-33-26)28(37)36-14-20-21(15-36)24(20)38-23-12-19(29(2,3)31)11-22(35-23)18-7-5-17(13-30)6-8-18/h4-12,20-21,24H,14-15,31H2,1-3H3/t20-,21+,24?. The first-order valence-electron chi connectivity index (χ1n) is 12.7. The summed E-state index contributed by atoms with van der Waals surface area (Å²) in [5.74, 6) is 1.56. The van der Waals surface area contributed by atoms with Crippen molar-refractivity contribution in [3.8, 4) is 34.0 Å². The summed E-state index contributed by atoms with van der Waals surface area (Å²) < 4.78 is 6.37. The lowest BCUT2D eigenvalue weighted by Gasteiger charge is -2.22. The SMILES string of the molecule is Cc1nc(-c2ncccn2)sc1C(=O)N1C[C@@H]2C(Oc3cc(C(C)(C)N)cc(-c4ccc(C#N)cc4)n3)[C@@H]2C1. The molecule has 3 atom stereocenters. The second-order valence-electron chi connectivity index (χ2n) is 10.6. The number of aromatic nitrogens is 4. The lowest BCUT2D eigenvalue weighted by molar-refractivity contribution is 0.0755. The van der Waals surface area contributed by atoms with Crippen LogP contribution in [0.4, 0.5) is 0 Å². The number of fused-ring (bicyclic) bond motifs is 1. The Labute approximate surface area is 230 Å². The van der Waals surface area contributed by atoms with E-state index in [9.17, 15) is 4.79 Å². The Morgan fingerprint density at radius 2 is 1.82 bits per heavy atom. The number of nitriles is 1. The molecule has 9 nitrogen and oxygen atoms in total.